The average molecular weight is 320 g/mol. The number of carbonyl (C=O) groups is 1. The third kappa shape index (κ3) is 2.66. The molecule has 3 rings (SSSR count). The van der Waals surface area contributed by atoms with Crippen molar-refractivity contribution in [3.05, 3.63) is 27.6 Å². The van der Waals surface area contributed by atoms with E-state index in [4.69, 9.17) is 0 Å². The van der Waals surface area contributed by atoms with Crippen molar-refractivity contribution in [3.63, 3.8) is 0 Å². The molecule has 22 heavy (non-hydrogen) atoms. The van der Waals surface area contributed by atoms with Gasteiger partial charge in [-0.3, -0.25) is 14.2 Å². The first-order chi connectivity index (χ1) is 10.6. The van der Waals surface area contributed by atoms with E-state index in [9.17, 15) is 9.59 Å². The van der Waals surface area contributed by atoms with Crippen molar-refractivity contribution in [3.8, 4) is 0 Å². The molecule has 6 nitrogen and oxygen atoms in total. The number of hydrogen-bond donors (Lipinski definition) is 1. The predicted molar refractivity (Wildman–Crippen MR) is 87.4 cm³/mol. The first-order valence-electron chi connectivity index (χ1n) is 7.61. The maximum Gasteiger partial charge on any atom is 0.262 e. The first kappa shape index (κ1) is 15.2. The van der Waals surface area contributed by atoms with Gasteiger partial charge < -0.3 is 10.2 Å². The fourth-order valence-corrected chi connectivity index (χ4v) is 3.63. The molecule has 118 valence electrons. The molecule has 2 aromatic heterocycles. The first-order valence-corrected chi connectivity index (χ1v) is 8.42. The molecule has 1 amide bonds. The summed E-state index contributed by atoms with van der Waals surface area (Å²) in [6.07, 6.45) is 2.39. The molecule has 1 fully saturated rings. The van der Waals surface area contributed by atoms with E-state index in [0.29, 0.717) is 18.5 Å². The number of piperazine rings is 1. The van der Waals surface area contributed by atoms with Crippen molar-refractivity contribution in [2.24, 2.45) is 0 Å². The number of aryl methyl sites for hydroxylation is 1. The molecule has 1 unspecified atom stereocenters. The number of amides is 1. The summed E-state index contributed by atoms with van der Waals surface area (Å²) in [7, 11) is 0. The zero-order valence-electron chi connectivity index (χ0n) is 12.8. The highest BCUT2D eigenvalue weighted by Crippen LogP contribution is 2.22. The summed E-state index contributed by atoms with van der Waals surface area (Å²) < 4.78 is 1.46. The molecule has 1 saturated heterocycles. The van der Waals surface area contributed by atoms with Crippen molar-refractivity contribution < 1.29 is 4.79 Å². The van der Waals surface area contributed by atoms with Crippen LogP contribution in [0.4, 0.5) is 0 Å². The summed E-state index contributed by atoms with van der Waals surface area (Å²) >= 11 is 1.54. The Balaban J connectivity index is 1.93. The highest BCUT2D eigenvalue weighted by Gasteiger charge is 2.24. The van der Waals surface area contributed by atoms with Crippen molar-refractivity contribution in [2.45, 2.75) is 26.3 Å². The minimum atomic E-state index is -0.521. The molecule has 0 radical (unpaired) electrons. The Morgan fingerprint density at radius 1 is 1.45 bits per heavy atom. The van der Waals surface area contributed by atoms with Crippen molar-refractivity contribution in [1.29, 1.82) is 0 Å². The minimum Gasteiger partial charge on any atom is -0.338 e. The Hall–Kier alpha value is -1.73. The molecule has 1 N–H and O–H groups in total. The van der Waals surface area contributed by atoms with Gasteiger partial charge in [-0.05, 0) is 19.4 Å². The van der Waals surface area contributed by atoms with Crippen LogP contribution in [0.1, 0.15) is 24.8 Å². The summed E-state index contributed by atoms with van der Waals surface area (Å²) in [5.74, 6) is -0.0179. The number of hydrogen-bond acceptors (Lipinski definition) is 5. The van der Waals surface area contributed by atoms with E-state index >= 15 is 0 Å². The summed E-state index contributed by atoms with van der Waals surface area (Å²) in [6.45, 7) is 6.80. The summed E-state index contributed by atoms with van der Waals surface area (Å²) in [6, 6.07) is 1.38. The molecular formula is C15H20N4O2S. The zero-order valence-corrected chi connectivity index (χ0v) is 13.7. The van der Waals surface area contributed by atoms with Gasteiger partial charge in [0.25, 0.3) is 5.56 Å². The maximum atomic E-state index is 12.6. The molecular weight excluding hydrogens is 300 g/mol. The lowest BCUT2D eigenvalue weighted by atomic mass is 10.2. The number of thiophene rings is 1. The fourth-order valence-electron chi connectivity index (χ4n) is 2.71. The third-order valence-electron chi connectivity index (χ3n) is 4.08. The van der Waals surface area contributed by atoms with Gasteiger partial charge in [0.05, 0.1) is 11.7 Å². The highest BCUT2D eigenvalue weighted by atomic mass is 32.1. The van der Waals surface area contributed by atoms with Gasteiger partial charge in [0.1, 0.15) is 10.9 Å². The number of fused-ring (bicyclic) bond motifs is 1. The smallest absolute Gasteiger partial charge is 0.262 e. The van der Waals surface area contributed by atoms with E-state index < -0.39 is 6.04 Å². The van der Waals surface area contributed by atoms with Gasteiger partial charge in [0.15, 0.2) is 0 Å². The number of aromatic nitrogens is 2. The number of carbonyl (C=O) groups excluding carboxylic acids is 1. The molecule has 1 atom stereocenters. The van der Waals surface area contributed by atoms with Crippen molar-refractivity contribution >= 4 is 27.5 Å². The van der Waals surface area contributed by atoms with Crippen LogP contribution >= 0.6 is 11.3 Å². The summed E-state index contributed by atoms with van der Waals surface area (Å²) in [4.78, 5) is 33.2. The third-order valence-corrected chi connectivity index (χ3v) is 5.27. The highest BCUT2D eigenvalue weighted by molar-refractivity contribution is 7.18. The lowest BCUT2D eigenvalue weighted by Crippen LogP contribution is -2.49. The lowest BCUT2D eigenvalue weighted by molar-refractivity contribution is -0.134. The van der Waals surface area contributed by atoms with Gasteiger partial charge >= 0.3 is 0 Å². The van der Waals surface area contributed by atoms with Gasteiger partial charge in [0.2, 0.25) is 5.91 Å². The van der Waals surface area contributed by atoms with E-state index in [0.717, 1.165) is 29.2 Å². The van der Waals surface area contributed by atoms with Crippen LogP contribution in [-0.2, 0) is 11.2 Å². The minimum absolute atomic E-state index is 0.0179. The molecule has 0 saturated carbocycles. The molecule has 1 aliphatic rings. The lowest BCUT2D eigenvalue weighted by Gasteiger charge is -2.30. The van der Waals surface area contributed by atoms with Gasteiger partial charge in [0, 0.05) is 31.1 Å². The topological polar surface area (TPSA) is 67.2 Å². The van der Waals surface area contributed by atoms with Crippen LogP contribution in [0.5, 0.6) is 0 Å². The van der Waals surface area contributed by atoms with Crippen LogP contribution in [0, 0.1) is 0 Å². The molecule has 0 aromatic carbocycles. The Labute approximate surface area is 132 Å². The summed E-state index contributed by atoms with van der Waals surface area (Å²) in [5, 5.41) is 3.83. The predicted octanol–water partition coefficient (Wildman–Crippen LogP) is 1.01. The molecule has 0 aliphatic carbocycles. The zero-order chi connectivity index (χ0) is 15.7. The Morgan fingerprint density at radius 3 is 2.86 bits per heavy atom. The normalized spacial score (nSPS) is 16.9. The second-order valence-electron chi connectivity index (χ2n) is 5.49. The van der Waals surface area contributed by atoms with Crippen LogP contribution in [0.2, 0.25) is 0 Å². The second kappa shape index (κ2) is 6.18. The Morgan fingerprint density at radius 2 is 2.18 bits per heavy atom. The maximum absolute atomic E-state index is 12.6. The van der Waals surface area contributed by atoms with Gasteiger partial charge in [-0.2, -0.15) is 0 Å². The van der Waals surface area contributed by atoms with Gasteiger partial charge in [-0.15, -0.1) is 11.3 Å². The quantitative estimate of drug-likeness (QED) is 0.917. The van der Waals surface area contributed by atoms with E-state index in [2.05, 4.69) is 17.2 Å². The average Bonchev–Trinajstić information content (AvgIpc) is 2.99. The second-order valence-corrected chi connectivity index (χ2v) is 6.61. The van der Waals surface area contributed by atoms with Crippen LogP contribution in [0.15, 0.2) is 17.2 Å². The fraction of sp³-hybridized carbons (Fsp3) is 0.533. The van der Waals surface area contributed by atoms with Crippen LogP contribution in [-0.4, -0.2) is 46.5 Å². The molecule has 7 heteroatoms. The molecule has 0 bridgehead atoms. The monoisotopic (exact) mass is 320 g/mol. The van der Waals surface area contributed by atoms with Crippen LogP contribution in [0.25, 0.3) is 10.2 Å². The Bertz CT molecular complexity index is 746. The van der Waals surface area contributed by atoms with E-state index in [1.165, 1.54) is 10.9 Å². The molecule has 3 heterocycles. The SMILES string of the molecule is CCc1cc2c(=O)n(C(C)C(=O)N3CCNCC3)cnc2s1. The molecule has 2 aromatic rings. The number of nitrogens with one attached hydrogen (secondary N) is 1. The summed E-state index contributed by atoms with van der Waals surface area (Å²) in [5.41, 5.74) is -0.128. The van der Waals surface area contributed by atoms with Gasteiger partial charge in [-0.1, -0.05) is 6.92 Å². The van der Waals surface area contributed by atoms with E-state index in [1.54, 1.807) is 18.3 Å². The van der Waals surface area contributed by atoms with E-state index in [-0.39, 0.29) is 11.5 Å². The largest absolute Gasteiger partial charge is 0.338 e. The standard InChI is InChI=1S/C15H20N4O2S/c1-3-11-8-12-13(22-11)17-9-19(15(12)21)10(2)14(20)18-6-4-16-5-7-18/h8-10,16H,3-7H2,1-2H3. The van der Waals surface area contributed by atoms with Crippen molar-refractivity contribution in [1.82, 2.24) is 19.8 Å². The van der Waals surface area contributed by atoms with Crippen molar-refractivity contribution in [2.75, 3.05) is 26.2 Å². The molecule has 0 spiro atoms. The Kier molecular flexibility index (Phi) is 4.26. The van der Waals surface area contributed by atoms with Crippen LogP contribution < -0.4 is 10.9 Å². The van der Waals surface area contributed by atoms with Gasteiger partial charge in [-0.25, -0.2) is 4.98 Å². The number of rotatable bonds is 3. The number of nitrogens with zero attached hydrogens (tertiary/aromatic N) is 3. The van der Waals surface area contributed by atoms with E-state index in [1.807, 2.05) is 11.0 Å². The van der Waals surface area contributed by atoms with Crippen LogP contribution in [0.3, 0.4) is 0 Å². The molecule has 1 aliphatic heterocycles.